The Labute approximate surface area is 350 Å². The first-order valence-electron chi connectivity index (χ1n) is 20.8. The van der Waals surface area contributed by atoms with Gasteiger partial charge in [0.15, 0.2) is 0 Å². The van der Waals surface area contributed by atoms with Crippen LogP contribution in [0.5, 0.6) is 0 Å². The molecule has 12 rings (SSSR count). The third-order valence-corrected chi connectivity index (χ3v) is 12.9. The zero-order valence-electron chi connectivity index (χ0n) is 33.0. The lowest BCUT2D eigenvalue weighted by Crippen LogP contribution is -2.28. The minimum atomic E-state index is -0.525. The van der Waals surface area contributed by atoms with Crippen LogP contribution in [0.15, 0.2) is 237 Å². The Morgan fingerprint density at radius 3 is 1.58 bits per heavy atom. The van der Waals surface area contributed by atoms with Gasteiger partial charge in [-0.05, 0) is 107 Å². The maximum absolute atomic E-state index is 2.51. The van der Waals surface area contributed by atoms with Gasteiger partial charge in [-0.2, -0.15) is 0 Å². The van der Waals surface area contributed by atoms with Crippen LogP contribution in [0.25, 0.3) is 65.3 Å². The summed E-state index contributed by atoms with van der Waals surface area (Å²) in [5, 5.41) is 10.00. The van der Waals surface area contributed by atoms with E-state index < -0.39 is 5.41 Å². The number of hydrogen-bond acceptors (Lipinski definition) is 1. The molecule has 0 spiro atoms. The van der Waals surface area contributed by atoms with E-state index in [9.17, 15) is 0 Å². The minimum absolute atomic E-state index is 0.525. The Balaban J connectivity index is 1.19. The molecular formula is C59H39N. The highest BCUT2D eigenvalue weighted by Gasteiger charge is 2.46. The first kappa shape index (κ1) is 34.3. The summed E-state index contributed by atoms with van der Waals surface area (Å²) in [6.07, 6.45) is 0. The van der Waals surface area contributed by atoms with Gasteiger partial charge in [0, 0.05) is 22.1 Å². The second-order valence-corrected chi connectivity index (χ2v) is 16.0. The minimum Gasteiger partial charge on any atom is -0.310 e. The molecule has 1 nitrogen and oxygen atoms in total. The molecule has 0 radical (unpaired) electrons. The van der Waals surface area contributed by atoms with Crippen LogP contribution in [0.3, 0.4) is 0 Å². The highest BCUT2D eigenvalue weighted by molar-refractivity contribution is 6.30. The normalized spacial score (nSPS) is 12.8. The fraction of sp³-hybridized carbons (Fsp3) is 0.0169. The molecule has 0 bridgehead atoms. The molecule has 280 valence electrons. The number of anilines is 3. The van der Waals surface area contributed by atoms with Gasteiger partial charge in [0.1, 0.15) is 0 Å². The molecule has 1 aliphatic carbocycles. The molecule has 0 amide bonds. The monoisotopic (exact) mass is 761 g/mol. The Bertz CT molecular complexity index is 3390. The van der Waals surface area contributed by atoms with Crippen molar-refractivity contribution in [1.29, 1.82) is 0 Å². The molecule has 0 fully saturated rings. The average Bonchev–Trinajstić information content (AvgIpc) is 3.63. The van der Waals surface area contributed by atoms with Crippen LogP contribution in [0.1, 0.15) is 22.3 Å². The molecule has 1 aliphatic rings. The van der Waals surface area contributed by atoms with E-state index in [0.29, 0.717) is 0 Å². The van der Waals surface area contributed by atoms with Gasteiger partial charge < -0.3 is 4.90 Å². The van der Waals surface area contributed by atoms with E-state index in [4.69, 9.17) is 0 Å². The lowest BCUT2D eigenvalue weighted by Gasteiger charge is -2.35. The summed E-state index contributed by atoms with van der Waals surface area (Å²) >= 11 is 0. The van der Waals surface area contributed by atoms with Crippen molar-refractivity contribution in [2.24, 2.45) is 0 Å². The summed E-state index contributed by atoms with van der Waals surface area (Å²) in [6, 6.07) is 87.6. The van der Waals surface area contributed by atoms with E-state index in [1.54, 1.807) is 0 Å². The summed E-state index contributed by atoms with van der Waals surface area (Å²) in [4.78, 5) is 2.51. The number of benzene rings is 11. The molecule has 0 atom stereocenters. The van der Waals surface area contributed by atoms with Crippen LogP contribution in [-0.4, -0.2) is 0 Å². The molecule has 0 saturated heterocycles. The van der Waals surface area contributed by atoms with Crippen molar-refractivity contribution < 1.29 is 0 Å². The van der Waals surface area contributed by atoms with Crippen LogP contribution in [0, 0.1) is 0 Å². The summed E-state index contributed by atoms with van der Waals surface area (Å²) in [6.45, 7) is 0. The van der Waals surface area contributed by atoms with Crippen LogP contribution >= 0.6 is 0 Å². The Morgan fingerprint density at radius 2 is 0.833 bits per heavy atom. The van der Waals surface area contributed by atoms with Crippen molar-refractivity contribution in [3.63, 3.8) is 0 Å². The molecule has 0 saturated carbocycles. The van der Waals surface area contributed by atoms with Gasteiger partial charge in [-0.3, -0.25) is 0 Å². The maximum Gasteiger partial charge on any atom is 0.0714 e. The van der Waals surface area contributed by atoms with Crippen molar-refractivity contribution in [1.82, 2.24) is 0 Å². The van der Waals surface area contributed by atoms with Gasteiger partial charge in [0.25, 0.3) is 0 Å². The summed E-state index contributed by atoms with van der Waals surface area (Å²) < 4.78 is 0. The summed E-state index contributed by atoms with van der Waals surface area (Å²) in [7, 11) is 0. The lowest BCUT2D eigenvalue weighted by molar-refractivity contribution is 0.768. The summed E-state index contributed by atoms with van der Waals surface area (Å²) in [5.74, 6) is 0. The maximum atomic E-state index is 2.51. The van der Waals surface area contributed by atoms with Gasteiger partial charge in [-0.25, -0.2) is 0 Å². The first-order valence-corrected chi connectivity index (χ1v) is 20.8. The molecular weight excluding hydrogens is 723 g/mol. The van der Waals surface area contributed by atoms with E-state index >= 15 is 0 Å². The highest BCUT2D eigenvalue weighted by atomic mass is 15.1. The number of rotatable bonds is 6. The molecule has 11 aromatic rings. The number of hydrogen-bond donors (Lipinski definition) is 0. The van der Waals surface area contributed by atoms with Gasteiger partial charge in [-0.1, -0.05) is 206 Å². The highest BCUT2D eigenvalue weighted by Crippen LogP contribution is 2.57. The van der Waals surface area contributed by atoms with Crippen molar-refractivity contribution in [2.45, 2.75) is 5.41 Å². The Hall–Kier alpha value is -7.74. The Kier molecular flexibility index (Phi) is 7.83. The average molecular weight is 762 g/mol. The van der Waals surface area contributed by atoms with Crippen molar-refractivity contribution in [3.8, 4) is 22.3 Å². The second kappa shape index (κ2) is 13.7. The molecule has 0 heterocycles. The largest absolute Gasteiger partial charge is 0.310 e. The van der Waals surface area contributed by atoms with Crippen LogP contribution in [-0.2, 0) is 5.41 Å². The van der Waals surface area contributed by atoms with Crippen LogP contribution in [0.2, 0.25) is 0 Å². The number of fused-ring (bicyclic) bond motifs is 10. The SMILES string of the molecule is c1ccc(-c2cccc(N(c3cccc(C4(c5ccccc5)c5ccccc5-c5ccccc54)c3)c3cc4ccccc4c4c3ccc3ccc5ccccc5c34)c2)cc1. The van der Waals surface area contributed by atoms with Gasteiger partial charge >= 0.3 is 0 Å². The van der Waals surface area contributed by atoms with Gasteiger partial charge in [0.05, 0.1) is 11.1 Å². The molecule has 1 heteroatoms. The third kappa shape index (κ3) is 5.13. The van der Waals surface area contributed by atoms with Gasteiger partial charge in [0.2, 0.25) is 0 Å². The number of nitrogens with zero attached hydrogens (tertiary/aromatic N) is 1. The molecule has 0 aliphatic heterocycles. The zero-order chi connectivity index (χ0) is 39.6. The van der Waals surface area contributed by atoms with E-state index in [0.717, 1.165) is 17.1 Å². The first-order chi connectivity index (χ1) is 29.8. The predicted molar refractivity (Wildman–Crippen MR) is 254 cm³/mol. The fourth-order valence-electron chi connectivity index (χ4n) is 10.3. The van der Waals surface area contributed by atoms with E-state index in [-0.39, 0.29) is 0 Å². The molecule has 0 unspecified atom stereocenters. The van der Waals surface area contributed by atoms with E-state index in [1.165, 1.54) is 87.6 Å². The van der Waals surface area contributed by atoms with Crippen molar-refractivity contribution in [2.75, 3.05) is 4.90 Å². The van der Waals surface area contributed by atoms with Crippen molar-refractivity contribution >= 4 is 60.2 Å². The topological polar surface area (TPSA) is 3.24 Å². The van der Waals surface area contributed by atoms with E-state index in [2.05, 4.69) is 241 Å². The predicted octanol–water partition coefficient (Wildman–Crippen LogP) is 15.8. The van der Waals surface area contributed by atoms with E-state index in [1.807, 2.05) is 0 Å². The lowest BCUT2D eigenvalue weighted by atomic mass is 9.67. The van der Waals surface area contributed by atoms with Crippen molar-refractivity contribution in [3.05, 3.63) is 259 Å². The fourth-order valence-corrected chi connectivity index (χ4v) is 10.3. The van der Waals surface area contributed by atoms with Crippen LogP contribution in [0.4, 0.5) is 17.1 Å². The molecule has 60 heavy (non-hydrogen) atoms. The molecule has 0 aromatic heterocycles. The standard InChI is InChI=1S/C59H39N/c1-3-17-40(18-4-1)43-21-15-25-47(37-43)60(56-38-44-20-8-10-28-50(44)58-53(56)36-35-42-34-33-41-19-7-9-27-49(41)57(42)58)48-26-16-24-46(39-48)59(45-22-5-2-6-23-45)54-31-13-11-29-51(54)52-30-12-14-32-55(52)59/h1-39H. The molecule has 0 N–H and O–H groups in total. The molecule has 11 aromatic carbocycles. The quantitative estimate of drug-likeness (QED) is 0.153. The third-order valence-electron chi connectivity index (χ3n) is 12.9. The van der Waals surface area contributed by atoms with Gasteiger partial charge in [-0.15, -0.1) is 0 Å². The zero-order valence-corrected chi connectivity index (χ0v) is 33.0. The second-order valence-electron chi connectivity index (χ2n) is 16.0. The Morgan fingerprint density at radius 1 is 0.300 bits per heavy atom. The smallest absolute Gasteiger partial charge is 0.0714 e. The summed E-state index contributed by atoms with van der Waals surface area (Å²) in [5.41, 5.74) is 12.9. The van der Waals surface area contributed by atoms with Crippen LogP contribution < -0.4 is 4.90 Å².